The molecule has 0 radical (unpaired) electrons. The molecule has 0 aliphatic carbocycles. The van der Waals surface area contributed by atoms with Gasteiger partial charge in [0.25, 0.3) is 0 Å². The number of fused-ring (bicyclic) bond motifs is 1. The summed E-state index contributed by atoms with van der Waals surface area (Å²) < 4.78 is 27.2. The molecule has 4 aromatic rings. The van der Waals surface area contributed by atoms with Gasteiger partial charge in [0.2, 0.25) is 5.91 Å². The number of piperidine rings is 2. The van der Waals surface area contributed by atoms with Crippen molar-refractivity contribution in [3.8, 4) is 17.2 Å². The highest BCUT2D eigenvalue weighted by atomic mass is 19.1. The van der Waals surface area contributed by atoms with E-state index in [0.29, 0.717) is 53.1 Å². The summed E-state index contributed by atoms with van der Waals surface area (Å²) in [4.78, 5) is 31.7. The van der Waals surface area contributed by atoms with Crippen LogP contribution in [0, 0.1) is 5.82 Å². The highest BCUT2D eigenvalue weighted by Crippen LogP contribution is 2.35. The molecule has 2 aromatic carbocycles. The summed E-state index contributed by atoms with van der Waals surface area (Å²) in [7, 11) is 5.85. The van der Waals surface area contributed by atoms with E-state index in [2.05, 4.69) is 56.1 Å². The van der Waals surface area contributed by atoms with Gasteiger partial charge in [-0.25, -0.2) is 19.3 Å². The minimum atomic E-state index is -0.484. The number of carbonyl (C=O) groups is 1. The number of hydrogen-bond donors (Lipinski definition) is 2. The predicted molar refractivity (Wildman–Crippen MR) is 182 cm³/mol. The first kappa shape index (κ1) is 32.0. The first-order valence-corrected chi connectivity index (χ1v) is 15.9. The second-order valence-corrected chi connectivity index (χ2v) is 12.1. The Morgan fingerprint density at radius 2 is 1.74 bits per heavy atom. The fourth-order valence-electron chi connectivity index (χ4n) is 6.23. The van der Waals surface area contributed by atoms with Crippen molar-refractivity contribution in [2.45, 2.75) is 37.8 Å². The summed E-state index contributed by atoms with van der Waals surface area (Å²) in [5, 5.41) is 7.40. The number of methoxy groups -OCH3 is 1. The largest absolute Gasteiger partial charge is 0.495 e. The van der Waals surface area contributed by atoms with Crippen LogP contribution in [0.25, 0.3) is 10.9 Å². The minimum Gasteiger partial charge on any atom is -0.495 e. The Morgan fingerprint density at radius 1 is 0.979 bits per heavy atom. The third-order valence-corrected chi connectivity index (χ3v) is 8.96. The molecule has 2 aliphatic heterocycles. The van der Waals surface area contributed by atoms with Gasteiger partial charge in [0, 0.05) is 68.0 Å². The molecule has 6 rings (SSSR count). The lowest BCUT2D eigenvalue weighted by molar-refractivity contribution is -0.126. The molecule has 246 valence electrons. The lowest BCUT2D eigenvalue weighted by Gasteiger charge is -2.35. The number of ether oxygens (including phenoxy) is 2. The molecule has 2 saturated heterocycles. The van der Waals surface area contributed by atoms with Gasteiger partial charge in [-0.05, 0) is 70.1 Å². The molecule has 2 aromatic heterocycles. The van der Waals surface area contributed by atoms with Crippen molar-refractivity contribution < 1.29 is 18.7 Å². The van der Waals surface area contributed by atoms with Gasteiger partial charge in [-0.2, -0.15) is 0 Å². The number of rotatable bonds is 10. The second kappa shape index (κ2) is 14.2. The van der Waals surface area contributed by atoms with Crippen LogP contribution in [0.3, 0.4) is 0 Å². The van der Waals surface area contributed by atoms with Crippen LogP contribution >= 0.6 is 0 Å². The molecule has 4 heterocycles. The molecule has 2 fully saturated rings. The van der Waals surface area contributed by atoms with Crippen LogP contribution in [0.5, 0.6) is 17.2 Å². The van der Waals surface area contributed by atoms with Gasteiger partial charge in [-0.15, -0.1) is 0 Å². The van der Waals surface area contributed by atoms with Gasteiger partial charge in [0.15, 0.2) is 0 Å². The quantitative estimate of drug-likeness (QED) is 0.206. The average Bonchev–Trinajstić information content (AvgIpc) is 3.09. The topological polar surface area (TPSA) is 108 Å². The van der Waals surface area contributed by atoms with Crippen molar-refractivity contribution in [2.24, 2.45) is 0 Å². The zero-order chi connectivity index (χ0) is 32.9. The van der Waals surface area contributed by atoms with E-state index in [9.17, 15) is 4.79 Å². The van der Waals surface area contributed by atoms with Gasteiger partial charge in [0.05, 0.1) is 24.0 Å². The summed E-state index contributed by atoms with van der Waals surface area (Å²) >= 11 is 0. The normalized spacial score (nSPS) is 15.9. The Bertz CT molecular complexity index is 1740. The van der Waals surface area contributed by atoms with Crippen LogP contribution in [0.1, 0.15) is 25.7 Å². The van der Waals surface area contributed by atoms with Crippen molar-refractivity contribution in [3.63, 3.8) is 0 Å². The molecule has 1 amide bonds. The third kappa shape index (κ3) is 7.38. The van der Waals surface area contributed by atoms with Gasteiger partial charge >= 0.3 is 0 Å². The van der Waals surface area contributed by atoms with Crippen molar-refractivity contribution in [1.29, 1.82) is 0 Å². The third-order valence-electron chi connectivity index (χ3n) is 8.96. The first-order chi connectivity index (χ1) is 22.8. The highest BCUT2D eigenvalue weighted by molar-refractivity contribution is 5.95. The van der Waals surface area contributed by atoms with Crippen molar-refractivity contribution in [2.75, 3.05) is 62.9 Å². The smallest absolute Gasteiger partial charge is 0.245 e. The maximum absolute atomic E-state index is 15.5. The summed E-state index contributed by atoms with van der Waals surface area (Å²) in [6, 6.07) is 12.9. The minimum absolute atomic E-state index is 0.0515. The summed E-state index contributed by atoms with van der Waals surface area (Å²) in [6.45, 7) is 6.72. The van der Waals surface area contributed by atoms with E-state index < -0.39 is 5.82 Å². The highest BCUT2D eigenvalue weighted by Gasteiger charge is 2.24. The number of benzene rings is 2. The number of anilines is 4. The number of carbonyl (C=O) groups excluding carboxylic acids is 1. The molecule has 0 atom stereocenters. The number of hydrogen-bond acceptors (Lipinski definition) is 10. The standard InChI is InChI=1S/C35H41FN8O3/c1-5-34(45)44-14-9-23(10-15-44)40-31-20-27-30(21-32(31)46-4)38-22-39-35(27)41-29-7-6-25(18-28(29)36)47-26-8-13-37-33(19-26)43-16-11-24(12-17-43)42(2)3/h5-8,13,18-24,40H,1,9-12,14-17H2,2-4H3,(H,38,39,41). The SMILES string of the molecule is C=CC(=O)N1CCC(Nc2cc3c(Nc4ccc(Oc5ccnc(N6CCC(N(C)C)CC6)c5)cc4F)ncnc3cc2OC)CC1. The van der Waals surface area contributed by atoms with E-state index in [-0.39, 0.29) is 17.6 Å². The van der Waals surface area contributed by atoms with Crippen molar-refractivity contribution in [3.05, 3.63) is 73.5 Å². The lowest BCUT2D eigenvalue weighted by atomic mass is 10.0. The van der Waals surface area contributed by atoms with E-state index in [1.165, 1.54) is 18.5 Å². The monoisotopic (exact) mass is 640 g/mol. The maximum Gasteiger partial charge on any atom is 0.245 e. The van der Waals surface area contributed by atoms with E-state index >= 15 is 4.39 Å². The lowest BCUT2D eigenvalue weighted by Crippen LogP contribution is -2.42. The zero-order valence-electron chi connectivity index (χ0n) is 27.1. The fourth-order valence-corrected chi connectivity index (χ4v) is 6.23. The van der Waals surface area contributed by atoms with Crippen LogP contribution in [-0.4, -0.2) is 90.1 Å². The molecule has 0 bridgehead atoms. The molecule has 0 spiro atoms. The number of amides is 1. The number of likely N-dealkylation sites (tertiary alicyclic amines) is 1. The van der Waals surface area contributed by atoms with E-state index in [1.54, 1.807) is 36.4 Å². The van der Waals surface area contributed by atoms with Crippen LogP contribution < -0.4 is 25.0 Å². The molecule has 11 nitrogen and oxygen atoms in total. The summed E-state index contributed by atoms with van der Waals surface area (Å²) in [6.07, 6.45) is 8.23. The molecule has 2 N–H and O–H groups in total. The fraction of sp³-hybridized carbons (Fsp3) is 0.371. The van der Waals surface area contributed by atoms with E-state index in [0.717, 1.165) is 50.3 Å². The van der Waals surface area contributed by atoms with Crippen LogP contribution in [-0.2, 0) is 4.79 Å². The number of aromatic nitrogens is 3. The van der Waals surface area contributed by atoms with Crippen LogP contribution in [0.15, 0.2) is 67.6 Å². The second-order valence-electron chi connectivity index (χ2n) is 12.1. The Hall–Kier alpha value is -4.97. The molecule has 0 unspecified atom stereocenters. The Morgan fingerprint density at radius 3 is 2.45 bits per heavy atom. The average molecular weight is 641 g/mol. The maximum atomic E-state index is 15.5. The Labute approximate surface area is 274 Å². The number of halogens is 1. The summed E-state index contributed by atoms with van der Waals surface area (Å²) in [5.74, 6) is 2.38. The first-order valence-electron chi connectivity index (χ1n) is 15.9. The molecule has 0 saturated carbocycles. The Balaban J connectivity index is 1.15. The molecule has 2 aliphatic rings. The summed E-state index contributed by atoms with van der Waals surface area (Å²) in [5.41, 5.74) is 1.67. The van der Waals surface area contributed by atoms with Gasteiger partial charge < -0.3 is 34.8 Å². The van der Waals surface area contributed by atoms with E-state index in [4.69, 9.17) is 9.47 Å². The number of nitrogens with one attached hydrogen (secondary N) is 2. The zero-order valence-corrected chi connectivity index (χ0v) is 27.1. The van der Waals surface area contributed by atoms with Gasteiger partial charge in [-0.1, -0.05) is 6.58 Å². The van der Waals surface area contributed by atoms with Crippen LogP contribution in [0.2, 0.25) is 0 Å². The molecular weight excluding hydrogens is 599 g/mol. The Kier molecular flexibility index (Phi) is 9.67. The molecular formula is C35H41FN8O3. The van der Waals surface area contributed by atoms with Crippen molar-refractivity contribution >= 4 is 39.8 Å². The van der Waals surface area contributed by atoms with Gasteiger partial charge in [0.1, 0.15) is 41.0 Å². The van der Waals surface area contributed by atoms with E-state index in [1.807, 2.05) is 18.2 Å². The van der Waals surface area contributed by atoms with Crippen molar-refractivity contribution in [1.82, 2.24) is 24.8 Å². The predicted octanol–water partition coefficient (Wildman–Crippen LogP) is 5.83. The molecule has 12 heteroatoms. The van der Waals surface area contributed by atoms with Gasteiger partial charge in [-0.3, -0.25) is 4.79 Å². The number of nitrogens with zero attached hydrogens (tertiary/aromatic N) is 6. The van der Waals surface area contributed by atoms with Crippen LogP contribution in [0.4, 0.5) is 27.4 Å². The molecule has 47 heavy (non-hydrogen) atoms. The number of pyridine rings is 1.